The van der Waals surface area contributed by atoms with Crippen molar-refractivity contribution in [3.8, 4) is 0 Å². The zero-order valence-corrected chi connectivity index (χ0v) is 11.0. The number of aliphatic carboxylic acids is 1. The summed E-state index contributed by atoms with van der Waals surface area (Å²) in [6.45, 7) is 3.12. The summed E-state index contributed by atoms with van der Waals surface area (Å²) >= 11 is 0. The van der Waals surface area contributed by atoms with Crippen LogP contribution >= 0.6 is 0 Å². The molecule has 6 nitrogen and oxygen atoms in total. The molecule has 1 saturated heterocycles. The van der Waals surface area contributed by atoms with E-state index in [0.717, 1.165) is 19.3 Å². The minimum Gasteiger partial charge on any atom is -0.480 e. The molecule has 1 aliphatic heterocycles. The molecule has 2 amide bonds. The molecule has 0 unspecified atom stereocenters. The average molecular weight is 258 g/mol. The van der Waals surface area contributed by atoms with E-state index < -0.39 is 12.0 Å². The molecule has 0 spiro atoms. The Kier molecular flexibility index (Phi) is 5.91. The van der Waals surface area contributed by atoms with Crippen LogP contribution in [0.25, 0.3) is 0 Å². The summed E-state index contributed by atoms with van der Waals surface area (Å²) in [5.74, 6) is -0.975. The van der Waals surface area contributed by atoms with E-state index in [1.54, 1.807) is 12.0 Å². The molecule has 1 atom stereocenters. The second-order valence-corrected chi connectivity index (χ2v) is 4.55. The number of ether oxygens (including phenoxy) is 1. The Balaban J connectivity index is 2.42. The zero-order valence-electron chi connectivity index (χ0n) is 11.0. The molecule has 0 aliphatic carbocycles. The highest BCUT2D eigenvalue weighted by Crippen LogP contribution is 2.13. The van der Waals surface area contributed by atoms with Gasteiger partial charge in [0.05, 0.1) is 6.10 Å². The SMILES string of the molecule is CCC[C@H](NC(=O)N1CCC(OC)CC1)C(=O)O. The van der Waals surface area contributed by atoms with Gasteiger partial charge >= 0.3 is 12.0 Å². The van der Waals surface area contributed by atoms with Crippen molar-refractivity contribution in [1.82, 2.24) is 10.2 Å². The van der Waals surface area contributed by atoms with Crippen molar-refractivity contribution in [3.63, 3.8) is 0 Å². The van der Waals surface area contributed by atoms with Crippen LogP contribution < -0.4 is 5.32 Å². The van der Waals surface area contributed by atoms with Gasteiger partial charge < -0.3 is 20.1 Å². The first-order valence-corrected chi connectivity index (χ1v) is 6.39. The van der Waals surface area contributed by atoms with Gasteiger partial charge in [0.1, 0.15) is 6.04 Å². The number of hydrogen-bond acceptors (Lipinski definition) is 3. The molecular weight excluding hydrogens is 236 g/mol. The van der Waals surface area contributed by atoms with E-state index in [1.807, 2.05) is 6.92 Å². The van der Waals surface area contributed by atoms with Crippen LogP contribution in [0.4, 0.5) is 4.79 Å². The molecule has 2 N–H and O–H groups in total. The highest BCUT2D eigenvalue weighted by atomic mass is 16.5. The molecule has 6 heteroatoms. The molecule has 1 rings (SSSR count). The Morgan fingerprint density at radius 3 is 2.50 bits per heavy atom. The van der Waals surface area contributed by atoms with Crippen molar-refractivity contribution >= 4 is 12.0 Å². The molecule has 1 aliphatic rings. The van der Waals surface area contributed by atoms with Crippen molar-refractivity contribution in [2.24, 2.45) is 0 Å². The molecule has 0 aromatic carbocycles. The lowest BCUT2D eigenvalue weighted by atomic mass is 10.1. The summed E-state index contributed by atoms with van der Waals surface area (Å²) in [5, 5.41) is 11.5. The Hall–Kier alpha value is -1.30. The van der Waals surface area contributed by atoms with Crippen molar-refractivity contribution in [2.75, 3.05) is 20.2 Å². The highest BCUT2D eigenvalue weighted by Gasteiger charge is 2.26. The summed E-state index contributed by atoms with van der Waals surface area (Å²) < 4.78 is 5.22. The van der Waals surface area contributed by atoms with Gasteiger partial charge in [-0.25, -0.2) is 9.59 Å². The Morgan fingerprint density at radius 2 is 2.06 bits per heavy atom. The number of amides is 2. The number of carboxylic acid groups (broad SMARTS) is 1. The third kappa shape index (κ3) is 4.18. The maximum absolute atomic E-state index is 11.9. The third-order valence-corrected chi connectivity index (χ3v) is 3.24. The summed E-state index contributed by atoms with van der Waals surface area (Å²) in [5.41, 5.74) is 0. The van der Waals surface area contributed by atoms with Crippen LogP contribution in [0.3, 0.4) is 0 Å². The van der Waals surface area contributed by atoms with Gasteiger partial charge in [0, 0.05) is 20.2 Å². The molecule has 0 radical (unpaired) electrons. The standard InChI is InChI=1S/C12H22N2O4/c1-3-4-10(11(15)16)13-12(17)14-7-5-9(18-2)6-8-14/h9-10H,3-8H2,1-2H3,(H,13,17)(H,15,16)/t10-/m0/s1. The monoisotopic (exact) mass is 258 g/mol. The van der Waals surface area contributed by atoms with Gasteiger partial charge in [-0.1, -0.05) is 13.3 Å². The highest BCUT2D eigenvalue weighted by molar-refractivity contribution is 5.82. The van der Waals surface area contributed by atoms with Gasteiger partial charge in [-0.3, -0.25) is 0 Å². The summed E-state index contributed by atoms with van der Waals surface area (Å²) in [7, 11) is 1.67. The first-order valence-electron chi connectivity index (χ1n) is 6.39. The molecule has 0 aromatic heterocycles. The fraction of sp³-hybridized carbons (Fsp3) is 0.833. The number of piperidine rings is 1. The van der Waals surface area contributed by atoms with E-state index in [9.17, 15) is 9.59 Å². The van der Waals surface area contributed by atoms with E-state index in [2.05, 4.69) is 5.32 Å². The lowest BCUT2D eigenvalue weighted by Crippen LogP contribution is -2.50. The number of hydrogen-bond donors (Lipinski definition) is 2. The Bertz CT molecular complexity index is 288. The predicted octanol–water partition coefficient (Wildman–Crippen LogP) is 1.06. The summed E-state index contributed by atoms with van der Waals surface area (Å²) in [4.78, 5) is 24.5. The molecule has 104 valence electrons. The van der Waals surface area contributed by atoms with E-state index >= 15 is 0 Å². The summed E-state index contributed by atoms with van der Waals surface area (Å²) in [6.07, 6.45) is 2.99. The third-order valence-electron chi connectivity index (χ3n) is 3.24. The predicted molar refractivity (Wildman–Crippen MR) is 66.5 cm³/mol. The van der Waals surface area contributed by atoms with Gasteiger partial charge in [-0.05, 0) is 19.3 Å². The second kappa shape index (κ2) is 7.20. The number of methoxy groups -OCH3 is 1. The molecule has 0 bridgehead atoms. The zero-order chi connectivity index (χ0) is 13.5. The minimum absolute atomic E-state index is 0.208. The Labute approximate surface area is 107 Å². The van der Waals surface area contributed by atoms with Crippen molar-refractivity contribution in [3.05, 3.63) is 0 Å². The van der Waals surface area contributed by atoms with Crippen LogP contribution in [0.1, 0.15) is 32.6 Å². The first-order chi connectivity index (χ1) is 8.58. The maximum atomic E-state index is 11.9. The van der Waals surface area contributed by atoms with Gasteiger partial charge in [-0.2, -0.15) is 0 Å². The lowest BCUT2D eigenvalue weighted by molar-refractivity contribution is -0.139. The van der Waals surface area contributed by atoms with E-state index in [-0.39, 0.29) is 12.1 Å². The van der Waals surface area contributed by atoms with Crippen LogP contribution in [0.5, 0.6) is 0 Å². The number of carboxylic acids is 1. The smallest absolute Gasteiger partial charge is 0.326 e. The normalized spacial score (nSPS) is 18.4. The van der Waals surface area contributed by atoms with E-state index in [1.165, 1.54) is 0 Å². The fourth-order valence-corrected chi connectivity index (χ4v) is 2.08. The maximum Gasteiger partial charge on any atom is 0.326 e. The second-order valence-electron chi connectivity index (χ2n) is 4.55. The van der Waals surface area contributed by atoms with Gasteiger partial charge in [0.2, 0.25) is 0 Å². The molecule has 0 aromatic rings. The van der Waals surface area contributed by atoms with Crippen LogP contribution in [0, 0.1) is 0 Å². The molecule has 1 heterocycles. The number of carbonyl (C=O) groups is 2. The fourth-order valence-electron chi connectivity index (χ4n) is 2.08. The molecule has 0 saturated carbocycles. The molecule has 18 heavy (non-hydrogen) atoms. The van der Waals surface area contributed by atoms with Crippen molar-refractivity contribution in [2.45, 2.75) is 44.8 Å². The van der Waals surface area contributed by atoms with Gasteiger partial charge in [0.25, 0.3) is 0 Å². The van der Waals surface area contributed by atoms with Crippen LogP contribution in [-0.4, -0.2) is 54.4 Å². The number of rotatable bonds is 5. The van der Waals surface area contributed by atoms with Crippen LogP contribution in [0.2, 0.25) is 0 Å². The van der Waals surface area contributed by atoms with Crippen molar-refractivity contribution in [1.29, 1.82) is 0 Å². The van der Waals surface area contributed by atoms with Crippen LogP contribution in [0.15, 0.2) is 0 Å². The number of likely N-dealkylation sites (tertiary alicyclic amines) is 1. The lowest BCUT2D eigenvalue weighted by Gasteiger charge is -2.32. The topological polar surface area (TPSA) is 78.9 Å². The van der Waals surface area contributed by atoms with Crippen LogP contribution in [-0.2, 0) is 9.53 Å². The molecule has 1 fully saturated rings. The number of urea groups is 1. The number of carbonyl (C=O) groups excluding carboxylic acids is 1. The minimum atomic E-state index is -0.975. The Morgan fingerprint density at radius 1 is 1.44 bits per heavy atom. The first kappa shape index (κ1) is 14.8. The average Bonchev–Trinajstić information content (AvgIpc) is 2.38. The van der Waals surface area contributed by atoms with E-state index in [4.69, 9.17) is 9.84 Å². The number of nitrogens with zero attached hydrogens (tertiary/aromatic N) is 1. The van der Waals surface area contributed by atoms with Crippen molar-refractivity contribution < 1.29 is 19.4 Å². The van der Waals surface area contributed by atoms with Gasteiger partial charge in [-0.15, -0.1) is 0 Å². The largest absolute Gasteiger partial charge is 0.480 e. The molecular formula is C12H22N2O4. The van der Waals surface area contributed by atoms with E-state index in [0.29, 0.717) is 19.5 Å². The van der Waals surface area contributed by atoms with Gasteiger partial charge in [0.15, 0.2) is 0 Å². The summed E-state index contributed by atoms with van der Waals surface area (Å²) in [6, 6.07) is -1.08. The quantitative estimate of drug-likeness (QED) is 0.773. The number of nitrogens with one attached hydrogen (secondary N) is 1.